The molecule has 3 rings (SSSR count). The summed E-state index contributed by atoms with van der Waals surface area (Å²) in [5, 5.41) is 6.56. The van der Waals surface area contributed by atoms with Crippen LogP contribution in [0, 0.1) is 0 Å². The van der Waals surface area contributed by atoms with E-state index in [2.05, 4.69) is 59.2 Å². The van der Waals surface area contributed by atoms with Crippen molar-refractivity contribution in [1.29, 1.82) is 0 Å². The Labute approximate surface area is 144 Å². The van der Waals surface area contributed by atoms with Crippen LogP contribution in [0.5, 0.6) is 0 Å². The summed E-state index contributed by atoms with van der Waals surface area (Å²) in [5.74, 6) is 0.391. The second-order valence-electron chi connectivity index (χ2n) is 6.59. The smallest absolute Gasteiger partial charge is 0.220 e. The van der Waals surface area contributed by atoms with Crippen molar-refractivity contribution >= 4 is 5.91 Å². The molecule has 24 heavy (non-hydrogen) atoms. The normalized spacial score (nSPS) is 16.5. The van der Waals surface area contributed by atoms with Gasteiger partial charge in [0.1, 0.15) is 0 Å². The van der Waals surface area contributed by atoms with Gasteiger partial charge in [-0.3, -0.25) is 4.79 Å². The largest absolute Gasteiger partial charge is 0.353 e. The molecule has 1 atom stereocenters. The Kier molecular flexibility index (Phi) is 6.02. The van der Waals surface area contributed by atoms with Crippen LogP contribution in [0.15, 0.2) is 60.7 Å². The van der Waals surface area contributed by atoms with Crippen LogP contribution in [0.4, 0.5) is 0 Å². The van der Waals surface area contributed by atoms with E-state index in [0.29, 0.717) is 12.5 Å². The highest BCUT2D eigenvalue weighted by Crippen LogP contribution is 2.24. The SMILES string of the molecule is O=C(CC(Cc1ccccc1)c1ccccc1)NC1CCNCC1. The van der Waals surface area contributed by atoms with Crippen LogP contribution in [-0.4, -0.2) is 25.0 Å². The molecule has 2 aromatic carbocycles. The number of benzene rings is 2. The second kappa shape index (κ2) is 8.65. The monoisotopic (exact) mass is 322 g/mol. The highest BCUT2D eigenvalue weighted by molar-refractivity contribution is 5.77. The lowest BCUT2D eigenvalue weighted by Gasteiger charge is -2.25. The van der Waals surface area contributed by atoms with E-state index in [1.165, 1.54) is 11.1 Å². The van der Waals surface area contributed by atoms with Gasteiger partial charge in [-0.25, -0.2) is 0 Å². The minimum atomic E-state index is 0.173. The van der Waals surface area contributed by atoms with Gasteiger partial charge in [-0.15, -0.1) is 0 Å². The van der Waals surface area contributed by atoms with Crippen LogP contribution in [0.25, 0.3) is 0 Å². The molecule has 1 fully saturated rings. The molecule has 0 saturated carbocycles. The first-order chi connectivity index (χ1) is 11.8. The molecule has 1 amide bonds. The lowest BCUT2D eigenvalue weighted by atomic mass is 9.89. The third kappa shape index (κ3) is 4.93. The summed E-state index contributed by atoms with van der Waals surface area (Å²) in [6.07, 6.45) is 3.49. The standard InChI is InChI=1S/C21H26N2O/c24-21(23-20-11-13-22-14-12-20)16-19(18-9-5-2-6-10-18)15-17-7-3-1-4-8-17/h1-10,19-20,22H,11-16H2,(H,23,24). The van der Waals surface area contributed by atoms with Gasteiger partial charge in [0, 0.05) is 12.5 Å². The highest BCUT2D eigenvalue weighted by Gasteiger charge is 2.20. The van der Waals surface area contributed by atoms with Crippen LogP contribution in [0.3, 0.4) is 0 Å². The van der Waals surface area contributed by atoms with Crippen LogP contribution >= 0.6 is 0 Å². The minimum Gasteiger partial charge on any atom is -0.353 e. The molecule has 1 heterocycles. The van der Waals surface area contributed by atoms with Crippen molar-refractivity contribution in [2.45, 2.75) is 37.6 Å². The fourth-order valence-electron chi connectivity index (χ4n) is 3.41. The van der Waals surface area contributed by atoms with Gasteiger partial charge in [0.05, 0.1) is 0 Å². The van der Waals surface area contributed by atoms with Gasteiger partial charge >= 0.3 is 0 Å². The number of carbonyl (C=O) groups excluding carboxylic acids is 1. The number of nitrogens with one attached hydrogen (secondary N) is 2. The van der Waals surface area contributed by atoms with Crippen molar-refractivity contribution in [3.63, 3.8) is 0 Å². The first-order valence-corrected chi connectivity index (χ1v) is 8.90. The van der Waals surface area contributed by atoms with Crippen molar-refractivity contribution in [3.8, 4) is 0 Å². The molecule has 126 valence electrons. The molecule has 3 heteroatoms. The van der Waals surface area contributed by atoms with E-state index in [1.54, 1.807) is 0 Å². The van der Waals surface area contributed by atoms with Crippen molar-refractivity contribution in [3.05, 3.63) is 71.8 Å². The van der Waals surface area contributed by atoms with E-state index in [9.17, 15) is 4.79 Å². The van der Waals surface area contributed by atoms with E-state index in [-0.39, 0.29) is 11.8 Å². The average Bonchev–Trinajstić information content (AvgIpc) is 2.63. The highest BCUT2D eigenvalue weighted by atomic mass is 16.1. The molecule has 0 spiro atoms. The first kappa shape index (κ1) is 16.7. The zero-order valence-corrected chi connectivity index (χ0v) is 14.1. The second-order valence-corrected chi connectivity index (χ2v) is 6.59. The van der Waals surface area contributed by atoms with Crippen LogP contribution < -0.4 is 10.6 Å². The summed E-state index contributed by atoms with van der Waals surface area (Å²) < 4.78 is 0. The quantitative estimate of drug-likeness (QED) is 0.857. The number of piperidine rings is 1. The maximum Gasteiger partial charge on any atom is 0.220 e. The number of hydrogen-bond donors (Lipinski definition) is 2. The van der Waals surface area contributed by atoms with Crippen molar-refractivity contribution < 1.29 is 4.79 Å². The Morgan fingerprint density at radius 1 is 1.00 bits per heavy atom. The molecule has 1 aliphatic rings. The first-order valence-electron chi connectivity index (χ1n) is 8.90. The summed E-state index contributed by atoms with van der Waals surface area (Å²) >= 11 is 0. The van der Waals surface area contributed by atoms with Crippen molar-refractivity contribution in [2.75, 3.05) is 13.1 Å². The Bertz CT molecular complexity index is 621. The summed E-state index contributed by atoms with van der Waals surface area (Å²) in [4.78, 5) is 12.6. The summed E-state index contributed by atoms with van der Waals surface area (Å²) in [6.45, 7) is 1.99. The third-order valence-electron chi connectivity index (χ3n) is 4.73. The molecular weight excluding hydrogens is 296 g/mol. The molecule has 0 bridgehead atoms. The lowest BCUT2D eigenvalue weighted by Crippen LogP contribution is -2.43. The molecule has 3 nitrogen and oxygen atoms in total. The van der Waals surface area contributed by atoms with Gasteiger partial charge in [-0.2, -0.15) is 0 Å². The Morgan fingerprint density at radius 3 is 2.29 bits per heavy atom. The summed E-state index contributed by atoms with van der Waals surface area (Å²) in [7, 11) is 0. The maximum atomic E-state index is 12.6. The Balaban J connectivity index is 1.66. The topological polar surface area (TPSA) is 41.1 Å². The average molecular weight is 322 g/mol. The molecule has 0 radical (unpaired) electrons. The van der Waals surface area contributed by atoms with Gasteiger partial charge < -0.3 is 10.6 Å². The fourth-order valence-corrected chi connectivity index (χ4v) is 3.41. The molecular formula is C21H26N2O. The zero-order valence-electron chi connectivity index (χ0n) is 14.1. The van der Waals surface area contributed by atoms with E-state index < -0.39 is 0 Å². The van der Waals surface area contributed by atoms with Gasteiger partial charge in [0.15, 0.2) is 0 Å². The van der Waals surface area contributed by atoms with Crippen LogP contribution in [-0.2, 0) is 11.2 Å². The number of hydrogen-bond acceptors (Lipinski definition) is 2. The predicted octanol–water partition coefficient (Wildman–Crippen LogP) is 3.27. The number of amides is 1. The third-order valence-corrected chi connectivity index (χ3v) is 4.73. The maximum absolute atomic E-state index is 12.6. The molecule has 0 aliphatic carbocycles. The molecule has 1 aliphatic heterocycles. The predicted molar refractivity (Wildman–Crippen MR) is 98.0 cm³/mol. The molecule has 0 aromatic heterocycles. The van der Waals surface area contributed by atoms with Gasteiger partial charge in [0.2, 0.25) is 5.91 Å². The fraction of sp³-hybridized carbons (Fsp3) is 0.381. The van der Waals surface area contributed by atoms with Gasteiger partial charge in [-0.1, -0.05) is 60.7 Å². The van der Waals surface area contributed by atoms with E-state index in [4.69, 9.17) is 0 Å². The van der Waals surface area contributed by atoms with Crippen molar-refractivity contribution in [1.82, 2.24) is 10.6 Å². The minimum absolute atomic E-state index is 0.173. The zero-order chi connectivity index (χ0) is 16.6. The van der Waals surface area contributed by atoms with Gasteiger partial charge in [0.25, 0.3) is 0 Å². The van der Waals surface area contributed by atoms with Gasteiger partial charge in [-0.05, 0) is 49.4 Å². The summed E-state index contributed by atoms with van der Waals surface area (Å²) in [6, 6.07) is 21.2. The van der Waals surface area contributed by atoms with E-state index >= 15 is 0 Å². The summed E-state index contributed by atoms with van der Waals surface area (Å²) in [5.41, 5.74) is 2.52. The molecule has 1 saturated heterocycles. The molecule has 2 N–H and O–H groups in total. The molecule has 1 unspecified atom stereocenters. The van der Waals surface area contributed by atoms with Crippen LogP contribution in [0.2, 0.25) is 0 Å². The van der Waals surface area contributed by atoms with Crippen molar-refractivity contribution in [2.24, 2.45) is 0 Å². The lowest BCUT2D eigenvalue weighted by molar-refractivity contribution is -0.122. The molecule has 2 aromatic rings. The number of carbonyl (C=O) groups is 1. The van der Waals surface area contributed by atoms with Crippen LogP contribution in [0.1, 0.15) is 36.3 Å². The Hall–Kier alpha value is -2.13. The number of rotatable bonds is 6. The van der Waals surface area contributed by atoms with E-state index in [1.807, 2.05) is 12.1 Å². The Morgan fingerprint density at radius 2 is 1.62 bits per heavy atom. The van der Waals surface area contributed by atoms with E-state index in [0.717, 1.165) is 32.4 Å².